The molecule has 5 atom stereocenters. The zero-order chi connectivity index (χ0) is 22.9. The van der Waals surface area contributed by atoms with Crippen LogP contribution in [0.15, 0.2) is 23.5 Å². The maximum Gasteiger partial charge on any atom is 0.206 e. The van der Waals surface area contributed by atoms with Crippen LogP contribution in [0.3, 0.4) is 0 Å². The van der Waals surface area contributed by atoms with E-state index in [1.54, 1.807) is 25.1 Å². The number of Topliss-reactive ketones (excluding diaryl/α,β-unsaturated/α-hetero) is 2. The van der Waals surface area contributed by atoms with Crippen molar-refractivity contribution in [1.82, 2.24) is 4.90 Å². The van der Waals surface area contributed by atoms with E-state index in [0.717, 1.165) is 17.5 Å². The molecule has 0 amide bonds. The fourth-order valence-corrected chi connectivity index (χ4v) is 7.12. The van der Waals surface area contributed by atoms with Gasteiger partial charge < -0.3 is 15.3 Å². The van der Waals surface area contributed by atoms with Crippen molar-refractivity contribution < 1.29 is 24.9 Å². The number of aliphatic hydroxyl groups is 2. The highest BCUT2D eigenvalue weighted by molar-refractivity contribution is 6.37. The van der Waals surface area contributed by atoms with Crippen LogP contribution in [0, 0.1) is 18.8 Å². The lowest BCUT2D eigenvalue weighted by molar-refractivity contribution is -0.140. The summed E-state index contributed by atoms with van der Waals surface area (Å²) in [6.07, 6.45) is 1.58. The van der Waals surface area contributed by atoms with Crippen molar-refractivity contribution in [3.8, 4) is 5.75 Å². The van der Waals surface area contributed by atoms with Gasteiger partial charge in [0.15, 0.2) is 5.60 Å². The van der Waals surface area contributed by atoms with E-state index >= 15 is 0 Å². The Bertz CT molecular complexity index is 1310. The van der Waals surface area contributed by atoms with Crippen molar-refractivity contribution in [2.75, 3.05) is 14.1 Å². The van der Waals surface area contributed by atoms with Crippen LogP contribution in [0.25, 0.3) is 10.8 Å². The maximum absolute atomic E-state index is 13.9. The van der Waals surface area contributed by atoms with E-state index in [9.17, 15) is 24.9 Å². The molecule has 0 aliphatic heterocycles. The molecule has 0 heterocycles. The van der Waals surface area contributed by atoms with Crippen molar-refractivity contribution in [1.29, 1.82) is 0 Å². The highest BCUT2D eigenvalue weighted by Crippen LogP contribution is 2.58. The number of aliphatic hydroxyl groups excluding tert-OH is 1. The zero-order valence-electron chi connectivity index (χ0n) is 18.1. The van der Waals surface area contributed by atoms with Crippen molar-refractivity contribution in [2.24, 2.45) is 11.8 Å². The number of phenols is 1. The summed E-state index contributed by atoms with van der Waals surface area (Å²) in [6.45, 7) is 1.87. The molecule has 1 saturated carbocycles. The van der Waals surface area contributed by atoms with Crippen molar-refractivity contribution in [2.45, 2.75) is 43.7 Å². The number of hydrogen-bond acceptors (Lipinski definition) is 6. The van der Waals surface area contributed by atoms with Gasteiger partial charge in [0.2, 0.25) is 11.6 Å². The van der Waals surface area contributed by atoms with Crippen LogP contribution in [-0.2, 0) is 11.2 Å². The third-order valence-electron chi connectivity index (χ3n) is 8.45. The Morgan fingerprint density at radius 3 is 2.38 bits per heavy atom. The van der Waals surface area contributed by atoms with Crippen molar-refractivity contribution >= 4 is 33.9 Å². The molecule has 6 nitrogen and oxygen atoms in total. The second kappa shape index (κ2) is 6.13. The Kier molecular flexibility index (Phi) is 3.87. The fourth-order valence-electron chi connectivity index (χ4n) is 6.82. The average Bonchev–Trinajstić information content (AvgIpc) is 2.71. The first-order chi connectivity index (χ1) is 15.1. The van der Waals surface area contributed by atoms with Gasteiger partial charge in [-0.1, -0.05) is 17.7 Å². The summed E-state index contributed by atoms with van der Waals surface area (Å²) in [5.41, 5.74) is 0.0318. The Morgan fingerprint density at radius 2 is 1.75 bits per heavy atom. The predicted octanol–water partition coefficient (Wildman–Crippen LogP) is 3.43. The first-order valence-electron chi connectivity index (χ1n) is 11.0. The summed E-state index contributed by atoms with van der Waals surface area (Å²) < 4.78 is 0. The Hall–Kier alpha value is -2.41. The van der Waals surface area contributed by atoms with Crippen LogP contribution in [0.5, 0.6) is 5.75 Å². The fraction of sp³-hybridized carbons (Fsp3) is 0.440. The lowest BCUT2D eigenvalue weighted by Gasteiger charge is -2.51. The SMILES string of the molecule is Cc1c2c3c(O)c4c(ccc(Cl)c14)C1CC[C@H]1C1=C(O)C(N(C)C)C(C2)C(O)(C1=O)C3=O. The molecule has 4 unspecified atom stereocenters. The Morgan fingerprint density at radius 1 is 1.06 bits per heavy atom. The van der Waals surface area contributed by atoms with Gasteiger partial charge in [0, 0.05) is 27.3 Å². The number of carbonyl (C=O) groups is 2. The third kappa shape index (κ3) is 2.05. The molecule has 0 saturated heterocycles. The smallest absolute Gasteiger partial charge is 0.206 e. The van der Waals surface area contributed by atoms with E-state index in [2.05, 4.69) is 0 Å². The van der Waals surface area contributed by atoms with Crippen LogP contribution in [0.1, 0.15) is 45.8 Å². The lowest BCUT2D eigenvalue weighted by Crippen LogP contribution is -2.66. The number of benzene rings is 2. The molecular formula is C25H24ClNO5. The van der Waals surface area contributed by atoms with Crippen LogP contribution < -0.4 is 0 Å². The molecular weight excluding hydrogens is 430 g/mol. The largest absolute Gasteiger partial charge is 0.510 e. The third-order valence-corrected chi connectivity index (χ3v) is 8.77. The number of aryl methyl sites for hydroxylation is 1. The minimum absolute atomic E-state index is 0.0154. The van der Waals surface area contributed by atoms with Gasteiger partial charge in [0.05, 0.1) is 11.6 Å². The Labute approximate surface area is 190 Å². The zero-order valence-corrected chi connectivity index (χ0v) is 18.8. The molecule has 1 fully saturated rings. The summed E-state index contributed by atoms with van der Waals surface area (Å²) >= 11 is 6.60. The summed E-state index contributed by atoms with van der Waals surface area (Å²) in [5.74, 6) is -3.06. The van der Waals surface area contributed by atoms with Crippen LogP contribution in [0.4, 0.5) is 0 Å². The number of phenolic OH excluding ortho intramolecular Hbond substituents is 1. The van der Waals surface area contributed by atoms with Gasteiger partial charge in [0.1, 0.15) is 11.5 Å². The number of carbonyl (C=O) groups excluding carboxylic acids is 2. The minimum Gasteiger partial charge on any atom is -0.510 e. The molecule has 6 rings (SSSR count). The van der Waals surface area contributed by atoms with Crippen LogP contribution in [-0.4, -0.2) is 57.5 Å². The van der Waals surface area contributed by atoms with Gasteiger partial charge in [-0.25, -0.2) is 0 Å². The number of likely N-dealkylation sites (N-methyl/N-ethyl adjacent to an activating group) is 1. The highest BCUT2D eigenvalue weighted by atomic mass is 35.5. The summed E-state index contributed by atoms with van der Waals surface area (Å²) in [6, 6.07) is 2.96. The van der Waals surface area contributed by atoms with E-state index in [1.165, 1.54) is 0 Å². The predicted molar refractivity (Wildman–Crippen MR) is 119 cm³/mol. The molecule has 2 aromatic rings. The highest BCUT2D eigenvalue weighted by Gasteiger charge is 2.64. The molecule has 2 aromatic carbocycles. The molecule has 0 spiro atoms. The number of aromatic hydroxyl groups is 1. The van der Waals surface area contributed by atoms with Gasteiger partial charge in [-0.05, 0) is 74.9 Å². The van der Waals surface area contributed by atoms with Crippen LogP contribution >= 0.6 is 11.6 Å². The van der Waals surface area contributed by atoms with E-state index < -0.39 is 29.1 Å². The second-order valence-electron chi connectivity index (χ2n) is 9.95. The lowest BCUT2D eigenvalue weighted by atomic mass is 9.55. The summed E-state index contributed by atoms with van der Waals surface area (Å²) in [4.78, 5) is 29.4. The minimum atomic E-state index is -2.32. The van der Waals surface area contributed by atoms with E-state index in [4.69, 9.17) is 11.6 Å². The first-order valence-corrected chi connectivity index (χ1v) is 11.4. The van der Waals surface area contributed by atoms with Gasteiger partial charge in [-0.15, -0.1) is 0 Å². The van der Waals surface area contributed by atoms with E-state index in [1.807, 2.05) is 13.0 Å². The average molecular weight is 454 g/mol. The van der Waals surface area contributed by atoms with E-state index in [0.29, 0.717) is 27.8 Å². The summed E-state index contributed by atoms with van der Waals surface area (Å²) in [5, 5.41) is 36.3. The van der Waals surface area contributed by atoms with Crippen LogP contribution in [0.2, 0.25) is 5.02 Å². The number of rotatable bonds is 1. The molecule has 32 heavy (non-hydrogen) atoms. The van der Waals surface area contributed by atoms with Crippen molar-refractivity contribution in [3.63, 3.8) is 0 Å². The number of hydrogen-bond donors (Lipinski definition) is 3. The van der Waals surface area contributed by atoms with Gasteiger partial charge in [-0.2, -0.15) is 0 Å². The number of ketones is 2. The molecule has 7 heteroatoms. The monoisotopic (exact) mass is 453 g/mol. The molecule has 0 radical (unpaired) electrons. The molecule has 166 valence electrons. The first kappa shape index (κ1) is 20.2. The van der Waals surface area contributed by atoms with Gasteiger partial charge >= 0.3 is 0 Å². The molecule has 4 aliphatic carbocycles. The number of fused-ring (bicyclic) bond motifs is 4. The standard InChI is InChI=1S/C25H24ClNO5/c1-9-13-8-14-20(27(2)3)22(29)18-12-5-4-10(12)11-6-7-15(26)16(9)17(11)21(28)19(13)24(31)25(14,32)23(18)30/h6-7,10,12,14,20,28-29,32H,4-5,8H2,1-3H3/t10?,12-,14?,20?,25?/m1/s1. The van der Waals surface area contributed by atoms with Gasteiger partial charge in [0.25, 0.3) is 0 Å². The normalized spacial score (nSPS) is 32.8. The Balaban J connectivity index is 1.85. The van der Waals surface area contributed by atoms with E-state index in [-0.39, 0.29) is 40.9 Å². The van der Waals surface area contributed by atoms with Crippen molar-refractivity contribution in [3.05, 3.63) is 50.7 Å². The molecule has 4 aliphatic rings. The second-order valence-corrected chi connectivity index (χ2v) is 10.4. The topological polar surface area (TPSA) is 98.1 Å². The quantitative estimate of drug-likeness (QED) is 0.572. The molecule has 3 N–H and O–H groups in total. The number of nitrogens with zero attached hydrogens (tertiary/aromatic N) is 1. The number of halogens is 1. The summed E-state index contributed by atoms with van der Waals surface area (Å²) in [7, 11) is 3.54. The maximum atomic E-state index is 13.9. The molecule has 0 aromatic heterocycles. The van der Waals surface area contributed by atoms with Gasteiger partial charge in [-0.3, -0.25) is 14.5 Å². The molecule has 4 bridgehead atoms.